The van der Waals surface area contributed by atoms with Crippen LogP contribution in [0.4, 0.5) is 16.2 Å². The molecule has 0 fully saturated rings. The van der Waals surface area contributed by atoms with Crippen molar-refractivity contribution >= 4 is 29.0 Å². The molecular formula is C16H17ClN2O3. The highest BCUT2D eigenvalue weighted by Gasteiger charge is 2.11. The molecule has 2 aromatic carbocycles. The van der Waals surface area contributed by atoms with Crippen LogP contribution < -0.4 is 20.1 Å². The van der Waals surface area contributed by atoms with Gasteiger partial charge in [-0.25, -0.2) is 4.79 Å². The number of carbonyl (C=O) groups is 1. The highest BCUT2D eigenvalue weighted by Crippen LogP contribution is 2.32. The summed E-state index contributed by atoms with van der Waals surface area (Å²) in [4.78, 5) is 12.1. The molecule has 0 saturated carbocycles. The molecule has 0 aliphatic rings. The second-order valence-corrected chi connectivity index (χ2v) is 5.05. The van der Waals surface area contributed by atoms with Gasteiger partial charge in [0, 0.05) is 22.5 Å². The summed E-state index contributed by atoms with van der Waals surface area (Å²) in [5.74, 6) is 1.16. The normalized spacial score (nSPS) is 10.0. The number of rotatable bonds is 4. The van der Waals surface area contributed by atoms with Crippen molar-refractivity contribution in [2.45, 2.75) is 6.92 Å². The molecule has 0 radical (unpaired) electrons. The zero-order valence-corrected chi connectivity index (χ0v) is 13.3. The van der Waals surface area contributed by atoms with Crippen LogP contribution in [0, 0.1) is 6.92 Å². The number of amides is 2. The molecule has 2 rings (SSSR count). The Morgan fingerprint density at radius 2 is 1.73 bits per heavy atom. The van der Waals surface area contributed by atoms with Gasteiger partial charge in [-0.3, -0.25) is 0 Å². The molecule has 0 saturated heterocycles. The van der Waals surface area contributed by atoms with Crippen molar-refractivity contribution < 1.29 is 14.3 Å². The molecule has 0 atom stereocenters. The van der Waals surface area contributed by atoms with Crippen LogP contribution in [0.5, 0.6) is 11.5 Å². The summed E-state index contributed by atoms with van der Waals surface area (Å²) in [5, 5.41) is 6.05. The van der Waals surface area contributed by atoms with Crippen molar-refractivity contribution in [3.63, 3.8) is 0 Å². The standard InChI is InChI=1S/C16H17ClN2O3/c1-10-7-14(21-2)15(22-3)9-13(10)19-16(20)18-12-6-4-5-11(17)8-12/h4-9H,1-3H3,(H2,18,19,20). The molecule has 2 N–H and O–H groups in total. The molecule has 5 nitrogen and oxygen atoms in total. The lowest BCUT2D eigenvalue weighted by Crippen LogP contribution is -2.20. The van der Waals surface area contributed by atoms with E-state index in [0.717, 1.165) is 5.56 Å². The van der Waals surface area contributed by atoms with Gasteiger partial charge >= 0.3 is 6.03 Å². The maximum atomic E-state index is 12.1. The number of halogens is 1. The molecule has 0 heterocycles. The van der Waals surface area contributed by atoms with Crippen LogP contribution in [-0.4, -0.2) is 20.3 Å². The van der Waals surface area contributed by atoms with Crippen molar-refractivity contribution in [2.24, 2.45) is 0 Å². The minimum Gasteiger partial charge on any atom is -0.493 e. The largest absolute Gasteiger partial charge is 0.493 e. The molecule has 0 aliphatic carbocycles. The Morgan fingerprint density at radius 3 is 2.36 bits per heavy atom. The molecule has 0 aromatic heterocycles. The average Bonchev–Trinajstić information content (AvgIpc) is 2.48. The third-order valence-electron chi connectivity index (χ3n) is 3.06. The minimum atomic E-state index is -0.363. The lowest BCUT2D eigenvalue weighted by molar-refractivity contribution is 0.262. The Labute approximate surface area is 134 Å². The fourth-order valence-corrected chi connectivity index (χ4v) is 2.16. The summed E-state index contributed by atoms with van der Waals surface area (Å²) in [6.45, 7) is 1.87. The molecule has 2 amide bonds. The Kier molecular flexibility index (Phi) is 5.12. The SMILES string of the molecule is COc1cc(C)c(NC(=O)Nc2cccc(Cl)c2)cc1OC. The maximum Gasteiger partial charge on any atom is 0.323 e. The topological polar surface area (TPSA) is 59.6 Å². The first kappa shape index (κ1) is 16.0. The van der Waals surface area contributed by atoms with Gasteiger partial charge in [-0.2, -0.15) is 0 Å². The van der Waals surface area contributed by atoms with Crippen LogP contribution in [0.2, 0.25) is 5.02 Å². The van der Waals surface area contributed by atoms with Gasteiger partial charge < -0.3 is 20.1 Å². The van der Waals surface area contributed by atoms with Gasteiger partial charge in [0.2, 0.25) is 0 Å². The second kappa shape index (κ2) is 7.04. The van der Waals surface area contributed by atoms with Crippen molar-refractivity contribution in [3.8, 4) is 11.5 Å². The van der Waals surface area contributed by atoms with E-state index in [4.69, 9.17) is 21.1 Å². The Morgan fingerprint density at radius 1 is 1.05 bits per heavy atom. The summed E-state index contributed by atoms with van der Waals surface area (Å²) in [6, 6.07) is 10.1. The molecule has 2 aromatic rings. The van der Waals surface area contributed by atoms with Gasteiger partial charge in [0.1, 0.15) is 0 Å². The van der Waals surface area contributed by atoms with Crippen molar-refractivity contribution in [2.75, 3.05) is 24.9 Å². The predicted molar refractivity (Wildman–Crippen MR) is 88.4 cm³/mol. The molecule has 116 valence electrons. The highest BCUT2D eigenvalue weighted by atomic mass is 35.5. The van der Waals surface area contributed by atoms with E-state index in [1.165, 1.54) is 0 Å². The van der Waals surface area contributed by atoms with E-state index in [0.29, 0.717) is 27.9 Å². The van der Waals surface area contributed by atoms with E-state index in [9.17, 15) is 4.79 Å². The van der Waals surface area contributed by atoms with Gasteiger partial charge in [-0.05, 0) is 36.8 Å². The van der Waals surface area contributed by atoms with Crippen molar-refractivity contribution in [1.82, 2.24) is 0 Å². The lowest BCUT2D eigenvalue weighted by Gasteiger charge is -2.14. The number of aryl methyl sites for hydroxylation is 1. The average molecular weight is 321 g/mol. The summed E-state index contributed by atoms with van der Waals surface area (Å²) >= 11 is 5.88. The van der Waals surface area contributed by atoms with E-state index in [1.807, 2.05) is 6.92 Å². The molecule has 6 heteroatoms. The number of methoxy groups -OCH3 is 2. The Bertz CT molecular complexity index is 689. The smallest absolute Gasteiger partial charge is 0.323 e. The van der Waals surface area contributed by atoms with Crippen LogP contribution >= 0.6 is 11.6 Å². The molecule has 0 spiro atoms. The van der Waals surface area contributed by atoms with Crippen molar-refractivity contribution in [3.05, 3.63) is 47.0 Å². The highest BCUT2D eigenvalue weighted by molar-refractivity contribution is 6.30. The van der Waals surface area contributed by atoms with Gasteiger partial charge in [-0.1, -0.05) is 17.7 Å². The first-order valence-electron chi connectivity index (χ1n) is 6.59. The number of urea groups is 1. The number of nitrogens with one attached hydrogen (secondary N) is 2. The monoisotopic (exact) mass is 320 g/mol. The third kappa shape index (κ3) is 3.83. The van der Waals surface area contributed by atoms with E-state index in [1.54, 1.807) is 50.6 Å². The Hall–Kier alpha value is -2.40. The van der Waals surface area contributed by atoms with Gasteiger partial charge in [-0.15, -0.1) is 0 Å². The summed E-state index contributed by atoms with van der Waals surface area (Å²) in [6.07, 6.45) is 0. The van der Waals surface area contributed by atoms with E-state index >= 15 is 0 Å². The molecule has 0 unspecified atom stereocenters. The number of ether oxygens (including phenoxy) is 2. The number of hydrogen-bond donors (Lipinski definition) is 2. The summed E-state index contributed by atoms with van der Waals surface area (Å²) < 4.78 is 10.5. The number of hydrogen-bond acceptors (Lipinski definition) is 3. The third-order valence-corrected chi connectivity index (χ3v) is 3.30. The van der Waals surface area contributed by atoms with Crippen molar-refractivity contribution in [1.29, 1.82) is 0 Å². The number of anilines is 2. The molecular weight excluding hydrogens is 304 g/mol. The molecule has 22 heavy (non-hydrogen) atoms. The van der Waals surface area contributed by atoms with Gasteiger partial charge in [0.15, 0.2) is 11.5 Å². The van der Waals surface area contributed by atoms with Gasteiger partial charge in [0.25, 0.3) is 0 Å². The lowest BCUT2D eigenvalue weighted by atomic mass is 10.1. The van der Waals surface area contributed by atoms with Crippen LogP contribution in [-0.2, 0) is 0 Å². The predicted octanol–water partition coefficient (Wildman–Crippen LogP) is 4.31. The quantitative estimate of drug-likeness (QED) is 0.882. The van der Waals surface area contributed by atoms with E-state index in [2.05, 4.69) is 10.6 Å². The zero-order valence-electron chi connectivity index (χ0n) is 12.6. The summed E-state index contributed by atoms with van der Waals surface area (Å²) in [5.41, 5.74) is 2.11. The zero-order chi connectivity index (χ0) is 16.1. The fourth-order valence-electron chi connectivity index (χ4n) is 1.97. The minimum absolute atomic E-state index is 0.363. The molecule has 0 bridgehead atoms. The van der Waals surface area contributed by atoms with Crippen LogP contribution in [0.3, 0.4) is 0 Å². The van der Waals surface area contributed by atoms with E-state index in [-0.39, 0.29) is 6.03 Å². The van der Waals surface area contributed by atoms with Crippen LogP contribution in [0.15, 0.2) is 36.4 Å². The second-order valence-electron chi connectivity index (χ2n) is 4.61. The number of benzene rings is 2. The summed E-state index contributed by atoms with van der Waals surface area (Å²) in [7, 11) is 3.11. The fraction of sp³-hybridized carbons (Fsp3) is 0.188. The van der Waals surface area contributed by atoms with E-state index < -0.39 is 0 Å². The number of carbonyl (C=O) groups excluding carboxylic acids is 1. The first-order chi connectivity index (χ1) is 10.5. The maximum absolute atomic E-state index is 12.1. The van der Waals surface area contributed by atoms with Gasteiger partial charge in [0.05, 0.1) is 14.2 Å². The molecule has 0 aliphatic heterocycles. The van der Waals surface area contributed by atoms with Crippen LogP contribution in [0.25, 0.3) is 0 Å². The first-order valence-corrected chi connectivity index (χ1v) is 6.97. The van der Waals surface area contributed by atoms with Crippen LogP contribution in [0.1, 0.15) is 5.56 Å². The Balaban J connectivity index is 2.14.